The highest BCUT2D eigenvalue weighted by Crippen LogP contribution is 2.38. The normalized spacial score (nSPS) is 18.4. The first-order chi connectivity index (χ1) is 8.84. The molecule has 2 rings (SSSR count). The number of carboxylic acid groups (broad SMARTS) is 1. The van der Waals surface area contributed by atoms with E-state index in [4.69, 9.17) is 4.74 Å². The third-order valence-corrected chi connectivity index (χ3v) is 3.22. The van der Waals surface area contributed by atoms with Gasteiger partial charge >= 0.3 is 5.97 Å². The Kier molecular flexibility index (Phi) is 3.39. The summed E-state index contributed by atoms with van der Waals surface area (Å²) in [4.78, 5) is 13.1. The summed E-state index contributed by atoms with van der Waals surface area (Å²) in [7, 11) is 0. The van der Waals surface area contributed by atoms with E-state index in [-0.39, 0.29) is 0 Å². The molecule has 0 radical (unpaired) electrons. The van der Waals surface area contributed by atoms with Gasteiger partial charge in [-0.05, 0) is 32.4 Å². The minimum Gasteiger partial charge on any atom is -0.484 e. The van der Waals surface area contributed by atoms with Crippen molar-refractivity contribution < 1.29 is 19.0 Å². The van der Waals surface area contributed by atoms with Crippen LogP contribution in [0.15, 0.2) is 18.2 Å². The number of nitrogens with zero attached hydrogens (tertiary/aromatic N) is 1. The van der Waals surface area contributed by atoms with Gasteiger partial charge in [-0.15, -0.1) is 0 Å². The predicted octanol–water partition coefficient (Wildman–Crippen LogP) is 2.67. The Morgan fingerprint density at radius 3 is 2.84 bits per heavy atom. The number of rotatable bonds is 3. The van der Waals surface area contributed by atoms with E-state index >= 15 is 0 Å². The Morgan fingerprint density at radius 1 is 1.58 bits per heavy atom. The zero-order valence-corrected chi connectivity index (χ0v) is 11.3. The van der Waals surface area contributed by atoms with Crippen molar-refractivity contribution in [1.29, 1.82) is 0 Å². The lowest BCUT2D eigenvalue weighted by Crippen LogP contribution is -2.53. The maximum atomic E-state index is 13.4. The third-order valence-electron chi connectivity index (χ3n) is 3.22. The van der Waals surface area contributed by atoms with E-state index in [0.29, 0.717) is 24.4 Å². The van der Waals surface area contributed by atoms with Crippen LogP contribution in [0.4, 0.5) is 10.1 Å². The number of aliphatic carboxylic acids is 1. The molecule has 0 amide bonds. The first-order valence-electron chi connectivity index (χ1n) is 6.32. The minimum absolute atomic E-state index is 0.396. The van der Waals surface area contributed by atoms with Crippen LogP contribution in [0.5, 0.6) is 5.75 Å². The second-order valence-corrected chi connectivity index (χ2v) is 5.36. The molecule has 1 N–H and O–H groups in total. The van der Waals surface area contributed by atoms with Gasteiger partial charge in [0.05, 0.1) is 12.2 Å². The predicted molar refractivity (Wildman–Crippen MR) is 70.2 cm³/mol. The van der Waals surface area contributed by atoms with E-state index in [1.54, 1.807) is 17.9 Å². The number of fused-ring (bicyclic) bond motifs is 1. The Labute approximate surface area is 111 Å². The van der Waals surface area contributed by atoms with Crippen LogP contribution in [0.1, 0.15) is 27.2 Å². The largest absolute Gasteiger partial charge is 0.484 e. The van der Waals surface area contributed by atoms with Gasteiger partial charge in [-0.3, -0.25) is 0 Å². The Hall–Kier alpha value is -1.78. The van der Waals surface area contributed by atoms with Crippen molar-refractivity contribution in [3.05, 3.63) is 24.0 Å². The van der Waals surface area contributed by atoms with Gasteiger partial charge in [0.2, 0.25) is 0 Å². The molecule has 1 atom stereocenters. The van der Waals surface area contributed by atoms with Gasteiger partial charge in [0.15, 0.2) is 0 Å². The Morgan fingerprint density at radius 2 is 2.26 bits per heavy atom. The zero-order valence-electron chi connectivity index (χ0n) is 11.3. The van der Waals surface area contributed by atoms with E-state index in [1.165, 1.54) is 12.1 Å². The van der Waals surface area contributed by atoms with E-state index in [9.17, 15) is 14.3 Å². The average Bonchev–Trinajstić information content (AvgIpc) is 2.29. The molecule has 1 aromatic rings. The molecule has 104 valence electrons. The number of hydrogen-bond acceptors (Lipinski definition) is 3. The lowest BCUT2D eigenvalue weighted by Gasteiger charge is -2.43. The number of halogens is 1. The van der Waals surface area contributed by atoms with E-state index in [1.807, 2.05) is 13.8 Å². The smallest absolute Gasteiger partial charge is 0.326 e. The molecule has 0 spiro atoms. The SMILES string of the molecule is CCC(C(=O)O)N1CC(C)(C)Oc2ccc(F)cc21. The van der Waals surface area contributed by atoms with Crippen molar-refractivity contribution >= 4 is 11.7 Å². The van der Waals surface area contributed by atoms with E-state index < -0.39 is 23.4 Å². The van der Waals surface area contributed by atoms with Gasteiger partial charge in [0, 0.05) is 6.07 Å². The molecule has 0 saturated heterocycles. The standard InChI is InChI=1S/C14H18FNO3/c1-4-10(13(17)18)16-8-14(2,3)19-12-6-5-9(15)7-11(12)16/h5-7,10H,4,8H2,1-3H3,(H,17,18). The summed E-state index contributed by atoms with van der Waals surface area (Å²) < 4.78 is 19.2. The highest BCUT2D eigenvalue weighted by molar-refractivity contribution is 5.79. The average molecular weight is 267 g/mol. The first kappa shape index (κ1) is 13.6. The van der Waals surface area contributed by atoms with Gasteiger partial charge in [0.25, 0.3) is 0 Å². The quantitative estimate of drug-likeness (QED) is 0.914. The summed E-state index contributed by atoms with van der Waals surface area (Å²) in [6.45, 7) is 6.00. The molecule has 0 aromatic heterocycles. The Bertz CT molecular complexity index is 501. The second-order valence-electron chi connectivity index (χ2n) is 5.36. The summed E-state index contributed by atoms with van der Waals surface area (Å²) in [5.74, 6) is -0.778. The molecule has 1 aliphatic rings. The molecule has 0 fully saturated rings. The molecule has 19 heavy (non-hydrogen) atoms. The van der Waals surface area contributed by atoms with Gasteiger partial charge < -0.3 is 14.7 Å². The monoisotopic (exact) mass is 267 g/mol. The molecule has 0 saturated carbocycles. The number of carbonyl (C=O) groups is 1. The molecular weight excluding hydrogens is 249 g/mol. The molecule has 0 aliphatic carbocycles. The third kappa shape index (κ3) is 2.64. The number of carboxylic acids is 1. The number of anilines is 1. The minimum atomic E-state index is -0.907. The lowest BCUT2D eigenvalue weighted by atomic mass is 10.0. The summed E-state index contributed by atoms with van der Waals surface area (Å²) in [5.41, 5.74) is 0.00169. The second kappa shape index (κ2) is 4.72. The van der Waals surface area contributed by atoms with Gasteiger partial charge in [-0.25, -0.2) is 9.18 Å². The molecular formula is C14H18FNO3. The van der Waals surface area contributed by atoms with Crippen molar-refractivity contribution in [3.8, 4) is 5.75 Å². The topological polar surface area (TPSA) is 49.8 Å². The first-order valence-corrected chi connectivity index (χ1v) is 6.32. The molecule has 4 nitrogen and oxygen atoms in total. The van der Waals surface area contributed by atoms with Gasteiger partial charge in [0.1, 0.15) is 23.2 Å². The van der Waals surface area contributed by atoms with Crippen LogP contribution in [0.25, 0.3) is 0 Å². The van der Waals surface area contributed by atoms with E-state index in [2.05, 4.69) is 0 Å². The highest BCUT2D eigenvalue weighted by Gasteiger charge is 2.37. The van der Waals surface area contributed by atoms with Gasteiger partial charge in [-0.1, -0.05) is 6.92 Å². The maximum absolute atomic E-state index is 13.4. The van der Waals surface area contributed by atoms with Crippen LogP contribution >= 0.6 is 0 Å². The van der Waals surface area contributed by atoms with Crippen LogP contribution in [0.3, 0.4) is 0 Å². The van der Waals surface area contributed by atoms with Crippen molar-refractivity contribution in [2.24, 2.45) is 0 Å². The molecule has 1 heterocycles. The fraction of sp³-hybridized carbons (Fsp3) is 0.500. The summed E-state index contributed by atoms with van der Waals surface area (Å²) >= 11 is 0. The molecule has 1 aliphatic heterocycles. The van der Waals surface area contributed by atoms with Crippen LogP contribution in [-0.2, 0) is 4.79 Å². The lowest BCUT2D eigenvalue weighted by molar-refractivity contribution is -0.138. The van der Waals surface area contributed by atoms with Gasteiger partial charge in [-0.2, -0.15) is 0 Å². The van der Waals surface area contributed by atoms with Crippen molar-refractivity contribution in [3.63, 3.8) is 0 Å². The van der Waals surface area contributed by atoms with Crippen molar-refractivity contribution in [1.82, 2.24) is 0 Å². The zero-order chi connectivity index (χ0) is 14.2. The van der Waals surface area contributed by atoms with E-state index in [0.717, 1.165) is 0 Å². The molecule has 1 unspecified atom stereocenters. The molecule has 5 heteroatoms. The Balaban J connectivity index is 2.49. The van der Waals surface area contributed by atoms with Crippen molar-refractivity contribution in [2.75, 3.05) is 11.4 Å². The maximum Gasteiger partial charge on any atom is 0.326 e. The van der Waals surface area contributed by atoms with Crippen LogP contribution in [0.2, 0.25) is 0 Å². The number of ether oxygens (including phenoxy) is 1. The van der Waals surface area contributed by atoms with Crippen LogP contribution in [0, 0.1) is 5.82 Å². The fourth-order valence-electron chi connectivity index (χ4n) is 2.43. The van der Waals surface area contributed by atoms with Crippen molar-refractivity contribution in [2.45, 2.75) is 38.8 Å². The highest BCUT2D eigenvalue weighted by atomic mass is 19.1. The fourth-order valence-corrected chi connectivity index (χ4v) is 2.43. The number of benzene rings is 1. The summed E-state index contributed by atoms with van der Waals surface area (Å²) in [6, 6.07) is 3.52. The molecule has 0 bridgehead atoms. The van der Waals surface area contributed by atoms with Crippen LogP contribution in [-0.4, -0.2) is 29.3 Å². The van der Waals surface area contributed by atoms with Crippen LogP contribution < -0.4 is 9.64 Å². The summed E-state index contributed by atoms with van der Waals surface area (Å²) in [6.07, 6.45) is 0.446. The molecule has 1 aromatic carbocycles. The summed E-state index contributed by atoms with van der Waals surface area (Å²) in [5, 5.41) is 9.31. The number of hydrogen-bond donors (Lipinski definition) is 1.